The second-order valence-corrected chi connectivity index (χ2v) is 6.08. The van der Waals surface area contributed by atoms with Gasteiger partial charge in [0.2, 0.25) is 0 Å². The van der Waals surface area contributed by atoms with Crippen LogP contribution in [-0.2, 0) is 4.74 Å². The van der Waals surface area contributed by atoms with Crippen LogP contribution in [0.5, 0.6) is 0 Å². The van der Waals surface area contributed by atoms with Gasteiger partial charge in [0.1, 0.15) is 10.6 Å². The molecule has 1 amide bonds. The molecule has 0 aromatic heterocycles. The number of anilines is 1. The number of benzene rings is 1. The molecule has 4 nitrogen and oxygen atoms in total. The summed E-state index contributed by atoms with van der Waals surface area (Å²) < 4.78 is 5.93. The van der Waals surface area contributed by atoms with Gasteiger partial charge >= 0.3 is 6.09 Å². The largest absolute Gasteiger partial charge is 0.444 e. The van der Waals surface area contributed by atoms with Crippen molar-refractivity contribution in [2.75, 3.05) is 5.32 Å². The molecule has 1 aromatic carbocycles. The first kappa shape index (κ1) is 14.9. The van der Waals surface area contributed by atoms with Gasteiger partial charge in [0.05, 0.1) is 0 Å². The normalized spacial score (nSPS) is 10.9. The Bertz CT molecular complexity index is 483. The number of carbonyl (C=O) groups is 1. The highest BCUT2D eigenvalue weighted by Gasteiger charge is 2.16. The van der Waals surface area contributed by atoms with E-state index in [0.717, 1.165) is 4.47 Å². The summed E-state index contributed by atoms with van der Waals surface area (Å²) in [5.41, 5.74) is 6.25. The number of nitrogens with two attached hydrogens (primary N) is 1. The number of carbonyl (C=O) groups excluding carboxylic acids is 1. The zero-order chi connectivity index (χ0) is 13.9. The third kappa shape index (κ3) is 5.01. The summed E-state index contributed by atoms with van der Waals surface area (Å²) in [6, 6.07) is 5.21. The fourth-order valence-corrected chi connectivity index (χ4v) is 1.84. The Hall–Kier alpha value is -1.14. The van der Waals surface area contributed by atoms with Crippen LogP contribution < -0.4 is 11.1 Å². The monoisotopic (exact) mass is 330 g/mol. The Kier molecular flexibility index (Phi) is 4.70. The predicted molar refractivity (Wildman–Crippen MR) is 79.9 cm³/mol. The van der Waals surface area contributed by atoms with Gasteiger partial charge in [-0.1, -0.05) is 28.1 Å². The molecule has 1 rings (SSSR count). The summed E-state index contributed by atoms with van der Waals surface area (Å²) in [6.07, 6.45) is -0.519. The molecule has 18 heavy (non-hydrogen) atoms. The van der Waals surface area contributed by atoms with E-state index in [-0.39, 0.29) is 4.99 Å². The highest BCUT2D eigenvalue weighted by Crippen LogP contribution is 2.20. The number of nitrogens with one attached hydrogen (secondary N) is 1. The summed E-state index contributed by atoms with van der Waals surface area (Å²) in [5, 5.41) is 2.63. The van der Waals surface area contributed by atoms with Crippen LogP contribution in [0.15, 0.2) is 22.7 Å². The SMILES string of the molecule is CC(C)(C)OC(=O)Nc1cc(Br)cc(C(N)=S)c1. The molecule has 1 aromatic rings. The molecule has 0 fully saturated rings. The lowest BCUT2D eigenvalue weighted by atomic mass is 10.2. The summed E-state index contributed by atoms with van der Waals surface area (Å²) in [4.78, 5) is 11.9. The zero-order valence-electron chi connectivity index (χ0n) is 10.4. The highest BCUT2D eigenvalue weighted by atomic mass is 79.9. The second-order valence-electron chi connectivity index (χ2n) is 4.72. The molecule has 0 atom stereocenters. The van der Waals surface area contributed by atoms with Gasteiger partial charge in [-0.25, -0.2) is 4.79 Å². The van der Waals surface area contributed by atoms with Gasteiger partial charge < -0.3 is 10.5 Å². The summed E-state index contributed by atoms with van der Waals surface area (Å²) in [7, 11) is 0. The summed E-state index contributed by atoms with van der Waals surface area (Å²) in [6.45, 7) is 5.40. The first-order chi connectivity index (χ1) is 8.17. The molecule has 0 heterocycles. The Morgan fingerprint density at radius 2 is 2.00 bits per heavy atom. The minimum atomic E-state index is -0.540. The lowest BCUT2D eigenvalue weighted by Crippen LogP contribution is -2.27. The van der Waals surface area contributed by atoms with Crippen LogP contribution in [-0.4, -0.2) is 16.7 Å². The minimum Gasteiger partial charge on any atom is -0.444 e. The Morgan fingerprint density at radius 1 is 1.39 bits per heavy atom. The molecule has 0 spiro atoms. The molecule has 3 N–H and O–H groups in total. The van der Waals surface area contributed by atoms with Crippen molar-refractivity contribution in [2.45, 2.75) is 26.4 Å². The van der Waals surface area contributed by atoms with Crippen molar-refractivity contribution < 1.29 is 9.53 Å². The smallest absolute Gasteiger partial charge is 0.412 e. The molecule has 0 aliphatic carbocycles. The molecular formula is C12H15BrN2O2S. The van der Waals surface area contributed by atoms with E-state index in [1.54, 1.807) is 39.0 Å². The molecule has 0 saturated heterocycles. The number of thiocarbonyl (C=S) groups is 1. The fourth-order valence-electron chi connectivity index (χ4n) is 1.23. The number of halogens is 1. The average Bonchev–Trinajstić information content (AvgIpc) is 2.12. The van der Waals surface area contributed by atoms with E-state index in [2.05, 4.69) is 21.2 Å². The van der Waals surface area contributed by atoms with Crippen LogP contribution in [0.3, 0.4) is 0 Å². The van der Waals surface area contributed by atoms with E-state index in [4.69, 9.17) is 22.7 Å². The Morgan fingerprint density at radius 3 is 2.50 bits per heavy atom. The van der Waals surface area contributed by atoms with Crippen molar-refractivity contribution in [1.29, 1.82) is 0 Å². The number of amides is 1. The van der Waals surface area contributed by atoms with Gasteiger partial charge in [-0.2, -0.15) is 0 Å². The third-order valence-electron chi connectivity index (χ3n) is 1.83. The predicted octanol–water partition coefficient (Wildman–Crippen LogP) is 3.43. The fraction of sp³-hybridized carbons (Fsp3) is 0.333. The third-order valence-corrected chi connectivity index (χ3v) is 2.52. The molecule has 98 valence electrons. The first-order valence-corrected chi connectivity index (χ1v) is 6.48. The van der Waals surface area contributed by atoms with Gasteiger partial charge in [-0.15, -0.1) is 0 Å². The van der Waals surface area contributed by atoms with Crippen LogP contribution in [0.25, 0.3) is 0 Å². The van der Waals surface area contributed by atoms with Gasteiger partial charge in [0.15, 0.2) is 0 Å². The quantitative estimate of drug-likeness (QED) is 0.815. The maximum atomic E-state index is 11.6. The number of hydrogen-bond donors (Lipinski definition) is 2. The lowest BCUT2D eigenvalue weighted by Gasteiger charge is -2.19. The Balaban J connectivity index is 2.85. The topological polar surface area (TPSA) is 64.3 Å². The molecule has 0 aliphatic rings. The van der Waals surface area contributed by atoms with E-state index >= 15 is 0 Å². The molecule has 0 saturated carbocycles. The van der Waals surface area contributed by atoms with Crippen molar-refractivity contribution in [2.24, 2.45) is 5.73 Å². The second kappa shape index (κ2) is 5.67. The number of hydrogen-bond acceptors (Lipinski definition) is 3. The summed E-state index contributed by atoms with van der Waals surface area (Å²) >= 11 is 8.22. The lowest BCUT2D eigenvalue weighted by molar-refractivity contribution is 0.0636. The van der Waals surface area contributed by atoms with Crippen LogP contribution in [0, 0.1) is 0 Å². The zero-order valence-corrected chi connectivity index (χ0v) is 12.8. The van der Waals surface area contributed by atoms with Crippen molar-refractivity contribution in [3.8, 4) is 0 Å². The maximum Gasteiger partial charge on any atom is 0.412 e. The van der Waals surface area contributed by atoms with Gasteiger partial charge in [-0.3, -0.25) is 5.32 Å². The van der Waals surface area contributed by atoms with E-state index in [9.17, 15) is 4.79 Å². The van der Waals surface area contributed by atoms with E-state index in [1.165, 1.54) is 0 Å². The maximum absolute atomic E-state index is 11.6. The van der Waals surface area contributed by atoms with Crippen molar-refractivity contribution >= 4 is 44.9 Å². The average molecular weight is 331 g/mol. The molecular weight excluding hydrogens is 316 g/mol. The minimum absolute atomic E-state index is 0.267. The van der Waals surface area contributed by atoms with Crippen molar-refractivity contribution in [3.63, 3.8) is 0 Å². The van der Waals surface area contributed by atoms with Gasteiger partial charge in [0.25, 0.3) is 0 Å². The van der Waals surface area contributed by atoms with Gasteiger partial charge in [-0.05, 0) is 39.0 Å². The first-order valence-electron chi connectivity index (χ1n) is 5.28. The summed E-state index contributed by atoms with van der Waals surface area (Å²) in [5.74, 6) is 0. The van der Waals surface area contributed by atoms with Crippen molar-refractivity contribution in [3.05, 3.63) is 28.2 Å². The van der Waals surface area contributed by atoms with E-state index in [0.29, 0.717) is 11.3 Å². The van der Waals surface area contributed by atoms with Crippen LogP contribution >= 0.6 is 28.1 Å². The molecule has 0 radical (unpaired) electrons. The molecule has 0 bridgehead atoms. The molecule has 0 aliphatic heterocycles. The number of rotatable bonds is 2. The van der Waals surface area contributed by atoms with Crippen LogP contribution in [0.1, 0.15) is 26.3 Å². The van der Waals surface area contributed by atoms with E-state index < -0.39 is 11.7 Å². The van der Waals surface area contributed by atoms with Crippen LogP contribution in [0.2, 0.25) is 0 Å². The van der Waals surface area contributed by atoms with Crippen molar-refractivity contribution in [1.82, 2.24) is 0 Å². The molecule has 6 heteroatoms. The highest BCUT2D eigenvalue weighted by molar-refractivity contribution is 9.10. The Labute approximate surface area is 120 Å². The van der Waals surface area contributed by atoms with Gasteiger partial charge in [0, 0.05) is 15.7 Å². The number of ether oxygens (including phenoxy) is 1. The molecule has 0 unspecified atom stereocenters. The standard InChI is InChI=1S/C12H15BrN2O2S/c1-12(2,3)17-11(16)15-9-5-7(10(14)18)4-8(13)6-9/h4-6H,1-3H3,(H2,14,18)(H,15,16). The van der Waals surface area contributed by atoms with E-state index in [1.807, 2.05) is 0 Å². The van der Waals surface area contributed by atoms with Crippen LogP contribution in [0.4, 0.5) is 10.5 Å².